The molecule has 0 bridgehead atoms. The van der Waals surface area contributed by atoms with Crippen molar-refractivity contribution in [1.82, 2.24) is 0 Å². The highest BCUT2D eigenvalue weighted by Crippen LogP contribution is 2.36. The number of hydrogen-bond acceptors (Lipinski definition) is 1. The molecule has 1 rings (SSSR count). The van der Waals surface area contributed by atoms with Gasteiger partial charge in [0.05, 0.1) is 0 Å². The van der Waals surface area contributed by atoms with E-state index in [1.165, 1.54) is 13.8 Å². The predicted octanol–water partition coefficient (Wildman–Crippen LogP) is 5.58. The Hall–Kier alpha value is -2.18. The molecule has 0 atom stereocenters. The summed E-state index contributed by atoms with van der Waals surface area (Å²) >= 11 is 0. The molecule has 0 unspecified atom stereocenters. The minimum atomic E-state index is -4.42. The highest BCUT2D eigenvalue weighted by Gasteiger charge is 2.41. The molecule has 1 nitrogen and oxygen atoms in total. The number of allylic oxidation sites excluding steroid dienone is 4. The van der Waals surface area contributed by atoms with Crippen LogP contribution in [0.1, 0.15) is 18.1 Å². The van der Waals surface area contributed by atoms with E-state index in [9.17, 15) is 26.3 Å². The maximum Gasteiger partial charge on any atom is 0.432 e. The van der Waals surface area contributed by atoms with Crippen molar-refractivity contribution in [3.05, 3.63) is 71.0 Å². The molecule has 0 aliphatic rings. The molecule has 0 amide bonds. The van der Waals surface area contributed by atoms with Crippen LogP contribution in [0.5, 0.6) is 0 Å². The van der Waals surface area contributed by atoms with Gasteiger partial charge in [-0.25, -0.2) is 17.6 Å². The zero-order valence-corrected chi connectivity index (χ0v) is 11.7. The molecule has 22 heavy (non-hydrogen) atoms. The largest absolute Gasteiger partial charge is 0.432 e. The Labute approximate surface area is 123 Å². The van der Waals surface area contributed by atoms with Crippen molar-refractivity contribution in [2.75, 3.05) is 0 Å². The summed E-state index contributed by atoms with van der Waals surface area (Å²) in [6.45, 7) is 5.14. The smallest absolute Gasteiger partial charge is 0.429 e. The lowest BCUT2D eigenvalue weighted by molar-refractivity contribution is -0.224. The number of alkyl halides is 2. The summed E-state index contributed by atoms with van der Waals surface area (Å²) in [5.41, 5.74) is -1.52. The molecule has 120 valence electrons. The van der Waals surface area contributed by atoms with Gasteiger partial charge in [0.2, 0.25) is 0 Å². The first-order chi connectivity index (χ1) is 10.1. The molecule has 0 N–H and O–H groups in total. The van der Waals surface area contributed by atoms with E-state index in [0.29, 0.717) is 18.2 Å². The fourth-order valence-corrected chi connectivity index (χ4v) is 1.55. The molecule has 0 saturated carbocycles. The van der Waals surface area contributed by atoms with E-state index >= 15 is 0 Å². The van der Waals surface area contributed by atoms with Crippen molar-refractivity contribution < 1.29 is 31.1 Å². The summed E-state index contributed by atoms with van der Waals surface area (Å²) in [7, 11) is 0. The number of ether oxygens (including phenoxy) is 1. The SMILES string of the molecule is C=C(F)/C(F)=C\C(=C/C)OC(F)(F)c1c(F)cc(C)cc1F. The van der Waals surface area contributed by atoms with Gasteiger partial charge in [0.15, 0.2) is 11.7 Å². The fourth-order valence-electron chi connectivity index (χ4n) is 1.55. The van der Waals surface area contributed by atoms with Crippen LogP contribution in [-0.4, -0.2) is 0 Å². The van der Waals surface area contributed by atoms with E-state index in [1.54, 1.807) is 0 Å². The average molecular weight is 322 g/mol. The third-order valence-electron chi connectivity index (χ3n) is 2.54. The summed E-state index contributed by atoms with van der Waals surface area (Å²) in [5.74, 6) is -6.90. The Morgan fingerprint density at radius 1 is 1.18 bits per heavy atom. The first-order valence-electron chi connectivity index (χ1n) is 5.99. The average Bonchev–Trinajstić information content (AvgIpc) is 2.35. The van der Waals surface area contributed by atoms with Gasteiger partial charge >= 0.3 is 6.11 Å². The second kappa shape index (κ2) is 6.72. The Bertz CT molecular complexity index is 622. The Balaban J connectivity index is 3.20. The highest BCUT2D eigenvalue weighted by atomic mass is 19.3. The third kappa shape index (κ3) is 4.16. The third-order valence-corrected chi connectivity index (χ3v) is 2.54. The van der Waals surface area contributed by atoms with Crippen molar-refractivity contribution in [2.45, 2.75) is 20.0 Å². The molecule has 1 aromatic rings. The molecular formula is C15H12F6O. The highest BCUT2D eigenvalue weighted by molar-refractivity contribution is 5.29. The van der Waals surface area contributed by atoms with Crippen molar-refractivity contribution in [3.63, 3.8) is 0 Å². The van der Waals surface area contributed by atoms with Crippen LogP contribution in [0, 0.1) is 18.6 Å². The van der Waals surface area contributed by atoms with Gasteiger partial charge < -0.3 is 4.74 Å². The lowest BCUT2D eigenvalue weighted by Gasteiger charge is -2.20. The van der Waals surface area contributed by atoms with Crippen molar-refractivity contribution in [3.8, 4) is 0 Å². The van der Waals surface area contributed by atoms with E-state index in [-0.39, 0.29) is 5.56 Å². The molecule has 0 aromatic heterocycles. The zero-order valence-electron chi connectivity index (χ0n) is 11.7. The molecular weight excluding hydrogens is 310 g/mol. The monoisotopic (exact) mass is 322 g/mol. The Morgan fingerprint density at radius 3 is 2.09 bits per heavy atom. The fraction of sp³-hybridized carbons (Fsp3) is 0.200. The minimum absolute atomic E-state index is 0.0977. The van der Waals surface area contributed by atoms with E-state index in [4.69, 9.17) is 0 Å². The van der Waals surface area contributed by atoms with Gasteiger partial charge in [-0.1, -0.05) is 6.58 Å². The molecule has 0 aliphatic carbocycles. The lowest BCUT2D eigenvalue weighted by Crippen LogP contribution is -2.21. The molecule has 0 fully saturated rings. The first kappa shape index (κ1) is 17.9. The summed E-state index contributed by atoms with van der Waals surface area (Å²) in [6.07, 6.45) is -3.25. The molecule has 0 saturated heterocycles. The van der Waals surface area contributed by atoms with Gasteiger partial charge in [-0.05, 0) is 37.6 Å². The molecule has 7 heteroatoms. The van der Waals surface area contributed by atoms with Crippen LogP contribution < -0.4 is 0 Å². The summed E-state index contributed by atoms with van der Waals surface area (Å²) in [6, 6.07) is 1.40. The Kier molecular flexibility index (Phi) is 5.46. The number of benzene rings is 1. The van der Waals surface area contributed by atoms with Gasteiger partial charge in [0.25, 0.3) is 0 Å². The molecule has 0 spiro atoms. The quantitative estimate of drug-likeness (QED) is 0.391. The van der Waals surface area contributed by atoms with Gasteiger partial charge in [-0.3, -0.25) is 0 Å². The predicted molar refractivity (Wildman–Crippen MR) is 69.3 cm³/mol. The molecule has 0 aliphatic heterocycles. The first-order valence-corrected chi connectivity index (χ1v) is 5.99. The molecule has 0 radical (unpaired) electrons. The number of hydrogen-bond donors (Lipinski definition) is 0. The van der Waals surface area contributed by atoms with Gasteiger partial charge in [0.1, 0.15) is 23.0 Å². The maximum atomic E-state index is 13.9. The number of halogens is 6. The van der Waals surface area contributed by atoms with Crippen LogP contribution >= 0.6 is 0 Å². The van der Waals surface area contributed by atoms with Crippen LogP contribution in [0.3, 0.4) is 0 Å². The lowest BCUT2D eigenvalue weighted by atomic mass is 10.1. The van der Waals surface area contributed by atoms with Gasteiger partial charge in [-0.15, -0.1) is 0 Å². The molecule has 1 aromatic carbocycles. The van der Waals surface area contributed by atoms with Crippen molar-refractivity contribution >= 4 is 0 Å². The van der Waals surface area contributed by atoms with Crippen molar-refractivity contribution in [1.29, 1.82) is 0 Å². The standard InChI is InChI=1S/C15H12F6O/c1-4-10(7-11(17)9(3)16)22-15(20,21)14-12(18)5-8(2)6-13(14)19/h4-7H,3H2,1-2H3/b10-4+,11-7+. The second-order valence-electron chi connectivity index (χ2n) is 4.31. The van der Waals surface area contributed by atoms with E-state index in [1.807, 2.05) is 0 Å². The van der Waals surface area contributed by atoms with E-state index in [0.717, 1.165) is 6.08 Å². The van der Waals surface area contributed by atoms with Crippen LogP contribution in [-0.2, 0) is 10.8 Å². The minimum Gasteiger partial charge on any atom is -0.429 e. The van der Waals surface area contributed by atoms with Crippen molar-refractivity contribution in [2.24, 2.45) is 0 Å². The number of aryl methyl sites for hydroxylation is 1. The molecule has 0 heterocycles. The zero-order chi connectivity index (χ0) is 17.1. The number of rotatable bonds is 5. The second-order valence-corrected chi connectivity index (χ2v) is 4.31. The topological polar surface area (TPSA) is 9.23 Å². The summed E-state index contributed by atoms with van der Waals surface area (Å²) in [4.78, 5) is 0. The van der Waals surface area contributed by atoms with Crippen LogP contribution in [0.4, 0.5) is 26.3 Å². The maximum absolute atomic E-state index is 13.9. The van der Waals surface area contributed by atoms with Crippen LogP contribution in [0.2, 0.25) is 0 Å². The van der Waals surface area contributed by atoms with Gasteiger partial charge in [0, 0.05) is 6.08 Å². The van der Waals surface area contributed by atoms with E-state index in [2.05, 4.69) is 11.3 Å². The van der Waals surface area contributed by atoms with E-state index < -0.39 is 40.7 Å². The van der Waals surface area contributed by atoms with Gasteiger partial charge in [-0.2, -0.15) is 8.78 Å². The Morgan fingerprint density at radius 2 is 1.68 bits per heavy atom. The normalized spacial score (nSPS) is 13.3. The summed E-state index contributed by atoms with van der Waals surface area (Å²) in [5, 5.41) is 0. The van der Waals surface area contributed by atoms with Crippen LogP contribution in [0.25, 0.3) is 0 Å². The summed E-state index contributed by atoms with van der Waals surface area (Å²) < 4.78 is 84.5. The van der Waals surface area contributed by atoms with Crippen LogP contribution in [0.15, 0.2) is 48.3 Å².